The van der Waals surface area contributed by atoms with Crippen LogP contribution in [-0.2, 0) is 0 Å². The molecule has 1 saturated heterocycles. The van der Waals surface area contributed by atoms with Crippen molar-refractivity contribution >= 4 is 16.9 Å². The number of aliphatic hydroxyl groups excluding tert-OH is 1. The van der Waals surface area contributed by atoms with Gasteiger partial charge in [0.05, 0.1) is 0 Å². The summed E-state index contributed by atoms with van der Waals surface area (Å²) in [5.41, 5.74) is 0. The molecule has 0 aromatic rings. The average Bonchev–Trinajstić information content (AvgIpc) is 2.26. The lowest BCUT2D eigenvalue weighted by Crippen LogP contribution is -2.37. The van der Waals surface area contributed by atoms with Crippen LogP contribution in [0.1, 0.15) is 12.8 Å². The Hall–Kier alpha value is -0.730. The maximum absolute atomic E-state index is 8.97. The predicted molar refractivity (Wildman–Crippen MR) is 57.9 cm³/mol. The summed E-state index contributed by atoms with van der Waals surface area (Å²) in [5.74, 6) is 0.427. The van der Waals surface area contributed by atoms with E-state index in [1.54, 1.807) is 0 Å². The largest absolute Gasteiger partial charge is 0.396 e. The fraction of sp³-hybridized carbons (Fsp3) is 0.778. The summed E-state index contributed by atoms with van der Waals surface area (Å²) in [6.45, 7) is 2.07. The fourth-order valence-electron chi connectivity index (χ4n) is 1.60. The molecule has 1 aliphatic heterocycles. The molecule has 4 nitrogen and oxygen atoms in total. The zero-order valence-electron chi connectivity index (χ0n) is 8.31. The van der Waals surface area contributed by atoms with Gasteiger partial charge in [-0.15, -0.1) is 4.99 Å². The van der Waals surface area contributed by atoms with Gasteiger partial charge in [0.1, 0.15) is 0 Å². The monoisotopic (exact) mass is 213 g/mol. The molecule has 0 aliphatic carbocycles. The molecule has 5 heteroatoms. The Morgan fingerprint density at radius 2 is 2.29 bits per heavy atom. The van der Waals surface area contributed by atoms with E-state index in [0.717, 1.165) is 31.1 Å². The van der Waals surface area contributed by atoms with E-state index in [1.807, 2.05) is 12.4 Å². The van der Waals surface area contributed by atoms with Crippen LogP contribution in [-0.4, -0.2) is 41.1 Å². The fourth-order valence-corrected chi connectivity index (χ4v) is 2.17. The number of nitriles is 1. The Bertz CT molecular complexity index is 241. The molecule has 1 heterocycles. The molecule has 1 fully saturated rings. The molecule has 0 aromatic carbocycles. The highest BCUT2D eigenvalue weighted by atomic mass is 32.2. The van der Waals surface area contributed by atoms with Crippen molar-refractivity contribution in [2.45, 2.75) is 12.8 Å². The van der Waals surface area contributed by atoms with Gasteiger partial charge in [0.25, 0.3) is 0 Å². The second-order valence-corrected chi connectivity index (χ2v) is 4.08. The lowest BCUT2D eigenvalue weighted by Gasteiger charge is -2.32. The van der Waals surface area contributed by atoms with E-state index in [-0.39, 0.29) is 6.61 Å². The number of rotatable bonds is 1. The van der Waals surface area contributed by atoms with Crippen LogP contribution in [0, 0.1) is 17.4 Å². The first-order valence-electron chi connectivity index (χ1n) is 4.68. The first kappa shape index (κ1) is 11.3. The summed E-state index contributed by atoms with van der Waals surface area (Å²) in [7, 11) is 0. The van der Waals surface area contributed by atoms with E-state index < -0.39 is 0 Å². The molecular weight excluding hydrogens is 198 g/mol. The lowest BCUT2D eigenvalue weighted by atomic mass is 9.98. The number of thioether (sulfide) groups is 1. The average molecular weight is 213 g/mol. The molecule has 1 aliphatic rings. The van der Waals surface area contributed by atoms with E-state index in [1.165, 1.54) is 11.8 Å². The second kappa shape index (κ2) is 5.89. The molecule has 14 heavy (non-hydrogen) atoms. The number of aliphatic hydroxyl groups is 1. The van der Waals surface area contributed by atoms with Crippen molar-refractivity contribution in [3.05, 3.63) is 0 Å². The zero-order chi connectivity index (χ0) is 10.4. The quantitative estimate of drug-likeness (QED) is 0.399. The number of amidine groups is 1. The van der Waals surface area contributed by atoms with Crippen LogP contribution in [0.25, 0.3) is 0 Å². The maximum Gasteiger partial charge on any atom is 0.208 e. The van der Waals surface area contributed by atoms with E-state index in [4.69, 9.17) is 10.4 Å². The highest BCUT2D eigenvalue weighted by Crippen LogP contribution is 2.19. The molecule has 0 radical (unpaired) electrons. The van der Waals surface area contributed by atoms with Crippen LogP contribution >= 0.6 is 11.8 Å². The number of nitrogens with zero attached hydrogens (tertiary/aromatic N) is 3. The summed E-state index contributed by atoms with van der Waals surface area (Å²) in [6, 6.07) is 0. The smallest absolute Gasteiger partial charge is 0.208 e. The minimum absolute atomic E-state index is 0.276. The zero-order valence-corrected chi connectivity index (χ0v) is 9.13. The van der Waals surface area contributed by atoms with Crippen molar-refractivity contribution in [3.8, 4) is 6.19 Å². The van der Waals surface area contributed by atoms with Crippen molar-refractivity contribution < 1.29 is 5.11 Å². The second-order valence-electron chi connectivity index (χ2n) is 3.31. The standard InChI is InChI=1S/C9H15N3OS/c1-14-9(11-7-10)12-4-2-8(6-13)3-5-12/h8,13H,2-6H2,1H3. The molecule has 0 bridgehead atoms. The van der Waals surface area contributed by atoms with Gasteiger partial charge in [0.2, 0.25) is 6.19 Å². The first-order chi connectivity index (χ1) is 6.81. The number of hydrogen-bond donors (Lipinski definition) is 1. The molecule has 1 N–H and O–H groups in total. The molecule has 0 saturated carbocycles. The number of hydrogen-bond acceptors (Lipinski definition) is 4. The molecule has 1 rings (SSSR count). The van der Waals surface area contributed by atoms with Gasteiger partial charge in [0.15, 0.2) is 5.17 Å². The molecular formula is C9H15N3OS. The summed E-state index contributed by atoms with van der Waals surface area (Å²) >= 11 is 1.50. The molecule has 78 valence electrons. The van der Waals surface area contributed by atoms with Crippen LogP contribution in [0.15, 0.2) is 4.99 Å². The Morgan fingerprint density at radius 3 is 2.71 bits per heavy atom. The van der Waals surface area contributed by atoms with Crippen molar-refractivity contribution in [1.29, 1.82) is 5.26 Å². The Labute approximate surface area is 88.6 Å². The van der Waals surface area contributed by atoms with Crippen LogP contribution < -0.4 is 0 Å². The van der Waals surface area contributed by atoms with Crippen molar-refractivity contribution in [1.82, 2.24) is 4.90 Å². The SMILES string of the molecule is CSC(=NC#N)N1CCC(CO)CC1. The Balaban J connectivity index is 2.48. The first-order valence-corrected chi connectivity index (χ1v) is 5.90. The third kappa shape index (κ3) is 2.89. The van der Waals surface area contributed by atoms with Crippen LogP contribution in [0.5, 0.6) is 0 Å². The van der Waals surface area contributed by atoms with Crippen LogP contribution in [0.3, 0.4) is 0 Å². The number of piperidine rings is 1. The van der Waals surface area contributed by atoms with Crippen molar-refractivity contribution in [2.24, 2.45) is 10.9 Å². The molecule has 0 aromatic heterocycles. The van der Waals surface area contributed by atoms with E-state index in [0.29, 0.717) is 5.92 Å². The third-order valence-electron chi connectivity index (χ3n) is 2.47. The van der Waals surface area contributed by atoms with Gasteiger partial charge in [-0.05, 0) is 25.0 Å². The molecule has 0 unspecified atom stereocenters. The van der Waals surface area contributed by atoms with Gasteiger partial charge in [-0.2, -0.15) is 5.26 Å². The minimum atomic E-state index is 0.276. The summed E-state index contributed by atoms with van der Waals surface area (Å²) < 4.78 is 0. The van der Waals surface area contributed by atoms with Crippen molar-refractivity contribution in [2.75, 3.05) is 26.0 Å². The summed E-state index contributed by atoms with van der Waals surface area (Å²) in [4.78, 5) is 5.88. The Kier molecular flexibility index (Phi) is 4.77. The van der Waals surface area contributed by atoms with Crippen LogP contribution in [0.2, 0.25) is 0 Å². The van der Waals surface area contributed by atoms with Crippen molar-refractivity contribution in [3.63, 3.8) is 0 Å². The van der Waals surface area contributed by atoms with Gasteiger partial charge in [-0.25, -0.2) is 0 Å². The topological polar surface area (TPSA) is 59.6 Å². The summed E-state index contributed by atoms with van der Waals surface area (Å²) in [6.07, 6.45) is 5.72. The van der Waals surface area contributed by atoms with Crippen LogP contribution in [0.4, 0.5) is 0 Å². The number of aliphatic imine (C=N–C) groups is 1. The highest BCUT2D eigenvalue weighted by Gasteiger charge is 2.20. The summed E-state index contributed by atoms with van der Waals surface area (Å²) in [5, 5.41) is 18.2. The third-order valence-corrected chi connectivity index (χ3v) is 3.19. The predicted octanol–water partition coefficient (Wildman–Crippen LogP) is 0.891. The van der Waals surface area contributed by atoms with Gasteiger partial charge >= 0.3 is 0 Å². The molecule has 0 amide bonds. The lowest BCUT2D eigenvalue weighted by molar-refractivity contribution is 0.167. The number of likely N-dealkylation sites (tertiary alicyclic amines) is 1. The van der Waals surface area contributed by atoms with E-state index in [2.05, 4.69) is 9.89 Å². The maximum atomic E-state index is 8.97. The highest BCUT2D eigenvalue weighted by molar-refractivity contribution is 8.13. The molecule has 0 spiro atoms. The van der Waals surface area contributed by atoms with Gasteiger partial charge in [-0.1, -0.05) is 11.8 Å². The minimum Gasteiger partial charge on any atom is -0.396 e. The van der Waals surface area contributed by atoms with Gasteiger partial charge in [-0.3, -0.25) is 0 Å². The van der Waals surface area contributed by atoms with E-state index in [9.17, 15) is 0 Å². The normalized spacial score (nSPS) is 19.5. The van der Waals surface area contributed by atoms with E-state index >= 15 is 0 Å². The van der Waals surface area contributed by atoms with Gasteiger partial charge < -0.3 is 10.0 Å². The molecule has 0 atom stereocenters. The van der Waals surface area contributed by atoms with Gasteiger partial charge in [0, 0.05) is 19.7 Å². The Morgan fingerprint density at radius 1 is 1.64 bits per heavy atom.